The van der Waals surface area contributed by atoms with E-state index in [4.69, 9.17) is 23.2 Å². The topological polar surface area (TPSA) is 23.5 Å². The second-order valence-corrected chi connectivity index (χ2v) is 11.2. The Balaban J connectivity index is 1.54. The van der Waals surface area contributed by atoms with Gasteiger partial charge in [0.05, 0.1) is 6.67 Å². The third kappa shape index (κ3) is 5.68. The van der Waals surface area contributed by atoms with Gasteiger partial charge in [0.15, 0.2) is 0 Å². The Kier molecular flexibility index (Phi) is 8.07. The summed E-state index contributed by atoms with van der Waals surface area (Å²) in [4.78, 5) is 3.39. The molecule has 5 rings (SSSR count). The van der Waals surface area contributed by atoms with Gasteiger partial charge in [-0.05, 0) is 83.0 Å². The second-order valence-electron chi connectivity index (χ2n) is 9.25. The van der Waals surface area contributed by atoms with Gasteiger partial charge < -0.3 is 5.11 Å². The van der Waals surface area contributed by atoms with Crippen molar-refractivity contribution in [3.8, 4) is 5.75 Å². The first-order chi connectivity index (χ1) is 17.5. The molecule has 2 aliphatic heterocycles. The molecule has 1 fully saturated rings. The molecule has 36 heavy (non-hydrogen) atoms. The normalized spacial score (nSPS) is 17.5. The number of hydrogen-bond acceptors (Lipinski definition) is 3. The van der Waals surface area contributed by atoms with Gasteiger partial charge in [-0.25, -0.2) is 0 Å². The summed E-state index contributed by atoms with van der Waals surface area (Å²) in [5.74, 6) is 1.16. The van der Waals surface area contributed by atoms with Gasteiger partial charge in [-0.1, -0.05) is 65.2 Å². The summed E-state index contributed by atoms with van der Waals surface area (Å²) >= 11 is 14.6. The molecular weight excluding hydrogens is 512 g/mol. The van der Waals surface area contributed by atoms with Crippen LogP contribution in [0.5, 0.6) is 5.75 Å². The maximum atomic E-state index is 12.5. The second kappa shape index (κ2) is 11.4. The van der Waals surface area contributed by atoms with E-state index in [0.29, 0.717) is 16.5 Å². The highest BCUT2D eigenvalue weighted by Gasteiger charge is 2.22. The van der Waals surface area contributed by atoms with Crippen molar-refractivity contribution in [3.63, 3.8) is 0 Å². The average molecular weight is 541 g/mol. The molecule has 0 atom stereocenters. The summed E-state index contributed by atoms with van der Waals surface area (Å²) in [7, 11) is 0. The van der Waals surface area contributed by atoms with E-state index in [0.717, 1.165) is 65.4 Å². The standard InChI is InChI=1S/C30H28Cl2FNOS/c31-23-6-8-25(28(32)17-23)26-11-15-36-29-18-24(35)7-9-27(29)30(26)22-4-2-20(3-5-22)16-21-10-14-34(19-21)13-1-12-33/h2-9,16-18,35H,1,10-15,19H2. The zero-order chi connectivity index (χ0) is 25.1. The number of thioether (sulfide) groups is 1. The first-order valence-corrected chi connectivity index (χ1v) is 14.0. The molecule has 6 heteroatoms. The minimum absolute atomic E-state index is 0.253. The molecule has 0 radical (unpaired) electrons. The lowest BCUT2D eigenvalue weighted by molar-refractivity contribution is 0.317. The van der Waals surface area contributed by atoms with Crippen LogP contribution in [0.2, 0.25) is 10.0 Å². The number of halogens is 3. The van der Waals surface area contributed by atoms with Crippen molar-refractivity contribution in [3.05, 3.63) is 98.5 Å². The first kappa shape index (κ1) is 25.4. The molecule has 0 aromatic heterocycles. The van der Waals surface area contributed by atoms with Crippen molar-refractivity contribution in [1.29, 1.82) is 0 Å². The number of hydrogen-bond donors (Lipinski definition) is 1. The van der Waals surface area contributed by atoms with Crippen LogP contribution in [0.3, 0.4) is 0 Å². The van der Waals surface area contributed by atoms with Gasteiger partial charge in [0.2, 0.25) is 0 Å². The monoisotopic (exact) mass is 539 g/mol. The molecule has 0 unspecified atom stereocenters. The number of phenolic OH excluding ortho intramolecular Hbond substituents is 1. The Hall–Kier alpha value is -2.24. The van der Waals surface area contributed by atoms with E-state index in [1.165, 1.54) is 16.7 Å². The molecule has 0 spiro atoms. The third-order valence-electron chi connectivity index (χ3n) is 6.76. The minimum atomic E-state index is -0.253. The Bertz CT molecular complexity index is 1320. The van der Waals surface area contributed by atoms with E-state index < -0.39 is 0 Å². The summed E-state index contributed by atoms with van der Waals surface area (Å²) in [6.07, 6.45) is 4.75. The maximum Gasteiger partial charge on any atom is 0.116 e. The smallest absolute Gasteiger partial charge is 0.116 e. The highest BCUT2D eigenvalue weighted by atomic mass is 35.5. The third-order valence-corrected chi connectivity index (χ3v) is 8.36. The number of fused-ring (bicyclic) bond motifs is 1. The van der Waals surface area contributed by atoms with Crippen molar-refractivity contribution in [2.24, 2.45) is 0 Å². The largest absolute Gasteiger partial charge is 0.508 e. The summed E-state index contributed by atoms with van der Waals surface area (Å²) in [5, 5.41) is 11.4. The van der Waals surface area contributed by atoms with Crippen molar-refractivity contribution in [1.82, 2.24) is 4.90 Å². The molecule has 0 bridgehead atoms. The van der Waals surface area contributed by atoms with E-state index >= 15 is 0 Å². The van der Waals surface area contributed by atoms with Crippen molar-refractivity contribution < 1.29 is 9.50 Å². The number of likely N-dealkylation sites (tertiary alicyclic amines) is 1. The Morgan fingerprint density at radius 2 is 1.78 bits per heavy atom. The Labute approximate surface area is 226 Å². The summed E-state index contributed by atoms with van der Waals surface area (Å²) in [6.45, 7) is 2.49. The first-order valence-electron chi connectivity index (χ1n) is 12.2. The SMILES string of the molecule is Oc1ccc2c(c1)SCCC(c1ccc(Cl)cc1Cl)=C2c1ccc(C=C2CCN(CCCF)C2)cc1. The average Bonchev–Trinajstić information content (AvgIpc) is 3.22. The lowest BCUT2D eigenvalue weighted by atomic mass is 9.87. The molecule has 3 aromatic rings. The van der Waals surface area contributed by atoms with E-state index in [1.807, 2.05) is 24.3 Å². The molecule has 2 heterocycles. The van der Waals surface area contributed by atoms with Crippen LogP contribution in [0.1, 0.15) is 41.5 Å². The van der Waals surface area contributed by atoms with Gasteiger partial charge in [0, 0.05) is 40.3 Å². The predicted octanol–water partition coefficient (Wildman–Crippen LogP) is 8.60. The molecule has 2 nitrogen and oxygen atoms in total. The van der Waals surface area contributed by atoms with Crippen LogP contribution in [0, 0.1) is 0 Å². The van der Waals surface area contributed by atoms with Crippen LogP contribution in [-0.4, -0.2) is 42.1 Å². The van der Waals surface area contributed by atoms with E-state index in [9.17, 15) is 9.50 Å². The number of phenols is 1. The van der Waals surface area contributed by atoms with Crippen LogP contribution in [-0.2, 0) is 0 Å². The fourth-order valence-electron chi connectivity index (χ4n) is 5.04. The van der Waals surface area contributed by atoms with Gasteiger partial charge >= 0.3 is 0 Å². The molecule has 0 aliphatic carbocycles. The summed E-state index contributed by atoms with van der Waals surface area (Å²) in [5.41, 5.74) is 8.08. The number of rotatable bonds is 6. The van der Waals surface area contributed by atoms with Gasteiger partial charge in [-0.15, -0.1) is 11.8 Å². The van der Waals surface area contributed by atoms with E-state index in [2.05, 4.69) is 35.2 Å². The maximum absolute atomic E-state index is 12.5. The Morgan fingerprint density at radius 1 is 0.972 bits per heavy atom. The predicted molar refractivity (Wildman–Crippen MR) is 152 cm³/mol. The van der Waals surface area contributed by atoms with Gasteiger partial charge in [0.1, 0.15) is 5.75 Å². The molecule has 0 amide bonds. The highest BCUT2D eigenvalue weighted by molar-refractivity contribution is 7.99. The molecular formula is C30H28Cl2FNOS. The quantitative estimate of drug-likeness (QED) is 0.339. The summed E-state index contributed by atoms with van der Waals surface area (Å²) in [6, 6.07) is 20.0. The Morgan fingerprint density at radius 3 is 2.56 bits per heavy atom. The highest BCUT2D eigenvalue weighted by Crippen LogP contribution is 2.45. The van der Waals surface area contributed by atoms with Crippen molar-refractivity contribution in [2.75, 3.05) is 32.1 Å². The molecule has 2 aliphatic rings. The number of benzene rings is 3. The molecule has 186 valence electrons. The van der Waals surface area contributed by atoms with Gasteiger partial charge in [0.25, 0.3) is 0 Å². The lowest BCUT2D eigenvalue weighted by Crippen LogP contribution is -2.20. The van der Waals surface area contributed by atoms with E-state index in [-0.39, 0.29) is 12.4 Å². The molecule has 1 saturated heterocycles. The van der Waals surface area contributed by atoms with Gasteiger partial charge in [-0.3, -0.25) is 9.29 Å². The zero-order valence-electron chi connectivity index (χ0n) is 19.9. The van der Waals surface area contributed by atoms with Crippen LogP contribution in [0.15, 0.2) is 71.1 Å². The van der Waals surface area contributed by atoms with Crippen LogP contribution in [0.25, 0.3) is 17.2 Å². The number of aromatic hydroxyl groups is 1. The van der Waals surface area contributed by atoms with Crippen LogP contribution in [0.4, 0.5) is 4.39 Å². The molecule has 1 N–H and O–H groups in total. The minimum Gasteiger partial charge on any atom is -0.508 e. The van der Waals surface area contributed by atoms with Crippen LogP contribution < -0.4 is 0 Å². The van der Waals surface area contributed by atoms with Gasteiger partial charge in [-0.2, -0.15) is 0 Å². The zero-order valence-corrected chi connectivity index (χ0v) is 22.3. The number of alkyl halides is 1. The molecule has 0 saturated carbocycles. The van der Waals surface area contributed by atoms with Crippen molar-refractivity contribution >= 4 is 52.2 Å². The number of allylic oxidation sites excluding steroid dienone is 1. The van der Waals surface area contributed by atoms with E-state index in [1.54, 1.807) is 23.9 Å². The van der Waals surface area contributed by atoms with Crippen LogP contribution >= 0.6 is 35.0 Å². The fourth-order valence-corrected chi connectivity index (χ4v) is 6.62. The lowest BCUT2D eigenvalue weighted by Gasteiger charge is -2.17. The van der Waals surface area contributed by atoms with Crippen molar-refractivity contribution in [2.45, 2.75) is 24.2 Å². The fraction of sp³-hybridized carbons (Fsp3) is 0.267. The molecule has 3 aromatic carbocycles. The number of nitrogens with zero attached hydrogens (tertiary/aromatic N) is 1. The summed E-state index contributed by atoms with van der Waals surface area (Å²) < 4.78 is 12.5.